The van der Waals surface area contributed by atoms with E-state index in [4.69, 9.17) is 5.73 Å². The zero-order chi connectivity index (χ0) is 24.5. The van der Waals surface area contributed by atoms with Crippen molar-refractivity contribution in [3.63, 3.8) is 0 Å². The maximum absolute atomic E-state index is 12.0. The molecule has 1 aromatic carbocycles. The summed E-state index contributed by atoms with van der Waals surface area (Å²) in [7, 11) is 0. The summed E-state index contributed by atoms with van der Waals surface area (Å²) in [6.45, 7) is 16.9. The van der Waals surface area contributed by atoms with Crippen molar-refractivity contribution in [2.45, 2.75) is 86.4 Å². The van der Waals surface area contributed by atoms with Gasteiger partial charge < -0.3 is 16.0 Å². The lowest BCUT2D eigenvalue weighted by atomic mass is 9.86. The fourth-order valence-electron chi connectivity index (χ4n) is 3.53. The van der Waals surface area contributed by atoms with Gasteiger partial charge in [-0.25, -0.2) is 0 Å². The van der Waals surface area contributed by atoms with Crippen molar-refractivity contribution in [3.8, 4) is 0 Å². The molecule has 0 saturated carbocycles. The number of carbonyl (C=O) groups excluding carboxylic acids is 2. The summed E-state index contributed by atoms with van der Waals surface area (Å²) in [6.07, 6.45) is 4.75. The van der Waals surface area contributed by atoms with E-state index in [1.807, 2.05) is 58.6 Å². The van der Waals surface area contributed by atoms with Crippen molar-refractivity contribution in [1.29, 1.82) is 0 Å². The molecule has 1 saturated heterocycles. The minimum absolute atomic E-state index is 0.0376. The van der Waals surface area contributed by atoms with Crippen molar-refractivity contribution in [3.05, 3.63) is 41.1 Å². The van der Waals surface area contributed by atoms with Gasteiger partial charge in [0, 0.05) is 24.5 Å². The van der Waals surface area contributed by atoms with Crippen LogP contribution in [-0.2, 0) is 9.59 Å². The lowest BCUT2D eigenvalue weighted by Gasteiger charge is -2.31. The summed E-state index contributed by atoms with van der Waals surface area (Å²) in [6, 6.07) is 8.21. The smallest absolute Gasteiger partial charge is 0.240 e. The molecule has 6 nitrogen and oxygen atoms in total. The number of rotatable bonds is 6. The van der Waals surface area contributed by atoms with Crippen LogP contribution in [0, 0.1) is 5.41 Å². The molecule has 2 amide bonds. The van der Waals surface area contributed by atoms with Crippen LogP contribution in [-0.4, -0.2) is 42.1 Å². The summed E-state index contributed by atoms with van der Waals surface area (Å²) < 4.78 is 0. The third-order valence-corrected chi connectivity index (χ3v) is 6.06. The average molecular weight is 443 g/mol. The van der Waals surface area contributed by atoms with Gasteiger partial charge in [-0.05, 0) is 69.6 Å². The van der Waals surface area contributed by atoms with E-state index in [0.717, 1.165) is 48.2 Å². The van der Waals surface area contributed by atoms with Gasteiger partial charge in [-0.2, -0.15) is 0 Å². The summed E-state index contributed by atoms with van der Waals surface area (Å²) in [5, 5.41) is 2.74. The molecule has 32 heavy (non-hydrogen) atoms. The van der Waals surface area contributed by atoms with Gasteiger partial charge in [0.1, 0.15) is 0 Å². The van der Waals surface area contributed by atoms with Gasteiger partial charge in [0.05, 0.1) is 12.1 Å². The molecule has 3 N–H and O–H groups in total. The number of hydrogen-bond acceptors (Lipinski definition) is 4. The Bertz CT molecular complexity index is 802. The second-order valence-electron chi connectivity index (χ2n) is 9.59. The van der Waals surface area contributed by atoms with Crippen LogP contribution in [0.2, 0.25) is 0 Å². The predicted octanol–water partition coefficient (Wildman–Crippen LogP) is 4.71. The normalized spacial score (nSPS) is 19.0. The Kier molecular flexibility index (Phi) is 10.8. The molecule has 1 aliphatic rings. The molecule has 6 heteroatoms. The first-order valence-electron chi connectivity index (χ1n) is 11.5. The highest BCUT2D eigenvalue weighted by Crippen LogP contribution is 2.24. The number of nitrogens with two attached hydrogens (primary N) is 1. The Morgan fingerprint density at radius 1 is 1.25 bits per heavy atom. The van der Waals surface area contributed by atoms with Crippen molar-refractivity contribution < 1.29 is 9.59 Å². The Labute approximate surface area is 194 Å². The number of hydrogen-bond donors (Lipinski definition) is 2. The monoisotopic (exact) mass is 442 g/mol. The molecular weight excluding hydrogens is 400 g/mol. The molecule has 0 radical (unpaired) electrons. The molecule has 1 unspecified atom stereocenters. The van der Waals surface area contributed by atoms with Crippen LogP contribution in [0.4, 0.5) is 0 Å². The molecule has 0 spiro atoms. The van der Waals surface area contributed by atoms with Gasteiger partial charge in [-0.1, -0.05) is 45.0 Å². The molecule has 0 aromatic heterocycles. The van der Waals surface area contributed by atoms with Crippen LogP contribution in [0.5, 0.6) is 0 Å². The molecule has 178 valence electrons. The van der Waals surface area contributed by atoms with Crippen molar-refractivity contribution >= 4 is 24.1 Å². The number of allylic oxidation sites excluding steroid dienone is 2. The third kappa shape index (κ3) is 7.90. The number of carbonyl (C=O) groups is 2. The number of nitrogens with zero attached hydrogens (tertiary/aromatic N) is 2. The maximum atomic E-state index is 12.0. The molecule has 0 bridgehead atoms. The van der Waals surface area contributed by atoms with Crippen LogP contribution in [0.3, 0.4) is 0 Å². The second-order valence-corrected chi connectivity index (χ2v) is 9.59. The first-order valence-corrected chi connectivity index (χ1v) is 11.5. The van der Waals surface area contributed by atoms with Gasteiger partial charge in [0.25, 0.3) is 0 Å². The zero-order valence-electron chi connectivity index (χ0n) is 21.1. The van der Waals surface area contributed by atoms with Crippen LogP contribution in [0.25, 0.3) is 5.57 Å². The maximum Gasteiger partial charge on any atom is 0.240 e. The van der Waals surface area contributed by atoms with E-state index in [1.54, 1.807) is 6.21 Å². The van der Waals surface area contributed by atoms with E-state index >= 15 is 0 Å². The number of likely N-dealkylation sites (tertiary alicyclic amines) is 1. The summed E-state index contributed by atoms with van der Waals surface area (Å²) in [5.74, 6) is 0.113. The van der Waals surface area contributed by atoms with Crippen LogP contribution >= 0.6 is 0 Å². The predicted molar refractivity (Wildman–Crippen MR) is 134 cm³/mol. The highest BCUT2D eigenvalue weighted by molar-refractivity contribution is 5.83. The Morgan fingerprint density at radius 3 is 2.28 bits per heavy atom. The lowest BCUT2D eigenvalue weighted by Crippen LogP contribution is -2.51. The van der Waals surface area contributed by atoms with Gasteiger partial charge in [-0.3, -0.25) is 14.6 Å². The Morgan fingerprint density at radius 2 is 1.84 bits per heavy atom. The van der Waals surface area contributed by atoms with Crippen LogP contribution in [0.1, 0.15) is 85.4 Å². The fourth-order valence-corrected chi connectivity index (χ4v) is 3.53. The molecule has 3 atom stereocenters. The number of amides is 2. The van der Waals surface area contributed by atoms with E-state index in [1.165, 1.54) is 0 Å². The topological polar surface area (TPSA) is 87.8 Å². The van der Waals surface area contributed by atoms with Crippen molar-refractivity contribution in [1.82, 2.24) is 10.2 Å². The van der Waals surface area contributed by atoms with Crippen molar-refractivity contribution in [2.24, 2.45) is 16.1 Å². The Hall–Kier alpha value is -2.47. The molecule has 1 heterocycles. The van der Waals surface area contributed by atoms with E-state index in [-0.39, 0.29) is 23.4 Å². The largest absolute Gasteiger partial charge is 0.352 e. The summed E-state index contributed by atoms with van der Waals surface area (Å²) in [4.78, 5) is 28.6. The average Bonchev–Trinajstić information content (AvgIpc) is 3.18. The van der Waals surface area contributed by atoms with E-state index in [0.29, 0.717) is 6.04 Å². The van der Waals surface area contributed by atoms with Crippen molar-refractivity contribution in [2.75, 3.05) is 6.54 Å². The summed E-state index contributed by atoms with van der Waals surface area (Å²) >= 11 is 0. The van der Waals surface area contributed by atoms with Gasteiger partial charge >= 0.3 is 0 Å². The molecule has 1 fully saturated rings. The highest BCUT2D eigenvalue weighted by Gasteiger charge is 2.34. The second kappa shape index (κ2) is 12.5. The number of benzene rings is 1. The molecule has 0 aliphatic carbocycles. The number of aliphatic imine (C=N–C) groups is 1. The zero-order valence-corrected chi connectivity index (χ0v) is 21.1. The van der Waals surface area contributed by atoms with E-state index in [9.17, 15) is 9.59 Å². The quantitative estimate of drug-likeness (QED) is 0.494. The first kappa shape index (κ1) is 27.6. The molecular formula is C26H42N4O2. The van der Waals surface area contributed by atoms with Crippen LogP contribution in [0.15, 0.2) is 35.0 Å². The molecule has 2 rings (SSSR count). The van der Waals surface area contributed by atoms with Gasteiger partial charge in [-0.15, -0.1) is 0 Å². The van der Waals surface area contributed by atoms with Crippen LogP contribution < -0.4 is 11.1 Å². The van der Waals surface area contributed by atoms with Gasteiger partial charge in [0.2, 0.25) is 12.3 Å². The third-order valence-electron chi connectivity index (χ3n) is 6.06. The lowest BCUT2D eigenvalue weighted by molar-refractivity contribution is -0.135. The minimum atomic E-state index is -0.372. The molecule has 1 aromatic rings. The Balaban J connectivity index is 0.000000330. The SMILES string of the molecule is CC=N/C(C)=C(\C)c1ccc([C@H](C)NC=O)cc1.C[C@@H]1CCCN1C(=O)C(N)C(C)(C)C. The number of nitrogens with one attached hydrogen (secondary N) is 1. The van der Waals surface area contributed by atoms with E-state index in [2.05, 4.69) is 36.3 Å². The van der Waals surface area contributed by atoms with E-state index < -0.39 is 0 Å². The highest BCUT2D eigenvalue weighted by atomic mass is 16.2. The standard InChI is InChI=1S/C15H20N2O.C11H22N2O/c1-5-16-12(3)11(2)14-6-8-15(9-7-14)13(4)17-10-18;1-8-6-5-7-13(8)10(14)9(12)11(2,3)4/h5-10,13H,1-4H3,(H,17,18);8-9H,5-7,12H2,1-4H3/b12-11+,16-5?;/t13-;8-,9?/m01/s1. The fraction of sp³-hybridized carbons (Fsp3) is 0.577. The first-order chi connectivity index (χ1) is 14.9. The minimum Gasteiger partial charge on any atom is -0.352 e. The molecule has 1 aliphatic heterocycles. The summed E-state index contributed by atoms with van der Waals surface area (Å²) in [5.41, 5.74) is 10.2. The van der Waals surface area contributed by atoms with Gasteiger partial charge in [0.15, 0.2) is 0 Å².